The van der Waals surface area contributed by atoms with E-state index in [-0.39, 0.29) is 25.7 Å². The number of aromatic nitrogens is 2. The Bertz CT molecular complexity index is 1680. The molecule has 1 aliphatic carbocycles. The monoisotopic (exact) mass is 706 g/mol. The van der Waals surface area contributed by atoms with Gasteiger partial charge in [0.05, 0.1) is 12.7 Å². The Labute approximate surface area is 308 Å². The van der Waals surface area contributed by atoms with Crippen molar-refractivity contribution in [3.05, 3.63) is 120 Å². The van der Waals surface area contributed by atoms with Crippen LogP contribution in [0.4, 0.5) is 0 Å². The van der Waals surface area contributed by atoms with Crippen molar-refractivity contribution in [1.29, 1.82) is 0 Å². The summed E-state index contributed by atoms with van der Waals surface area (Å²) >= 11 is 0. The first-order valence-electron chi connectivity index (χ1n) is 19.0. The number of benzene rings is 2. The molecule has 1 fully saturated rings. The molecular formula is C44H54N2O6+2. The van der Waals surface area contributed by atoms with E-state index >= 15 is 0 Å². The van der Waals surface area contributed by atoms with Crippen LogP contribution in [0.5, 0.6) is 0 Å². The lowest BCUT2D eigenvalue weighted by atomic mass is 9.77. The van der Waals surface area contributed by atoms with E-state index in [2.05, 4.69) is 19.1 Å². The largest absolute Gasteiger partial charge is 0.464 e. The molecule has 1 atom stereocenters. The molecule has 2 aromatic carbocycles. The van der Waals surface area contributed by atoms with Crippen molar-refractivity contribution in [1.82, 2.24) is 0 Å². The Morgan fingerprint density at radius 3 is 1.87 bits per heavy atom. The van der Waals surface area contributed by atoms with Gasteiger partial charge in [0, 0.05) is 24.3 Å². The molecule has 0 saturated heterocycles. The molecule has 1 saturated carbocycles. The Morgan fingerprint density at radius 2 is 1.27 bits per heavy atom. The van der Waals surface area contributed by atoms with E-state index in [4.69, 9.17) is 14.2 Å². The van der Waals surface area contributed by atoms with Crippen LogP contribution in [-0.4, -0.2) is 31.6 Å². The highest BCUT2D eigenvalue weighted by Crippen LogP contribution is 2.38. The minimum atomic E-state index is -0.744. The molecule has 0 N–H and O–H groups in total. The van der Waals surface area contributed by atoms with Crippen molar-refractivity contribution < 1.29 is 37.7 Å². The number of rotatable bonds is 18. The molecule has 274 valence electrons. The second-order valence-electron chi connectivity index (χ2n) is 14.0. The Kier molecular flexibility index (Phi) is 15.0. The number of ether oxygens (including phenoxy) is 3. The molecule has 0 aliphatic heterocycles. The predicted molar refractivity (Wildman–Crippen MR) is 199 cm³/mol. The van der Waals surface area contributed by atoms with Crippen LogP contribution in [0.2, 0.25) is 0 Å². The molecule has 1 unspecified atom stereocenters. The van der Waals surface area contributed by atoms with Crippen molar-refractivity contribution in [3.8, 4) is 11.1 Å². The minimum absolute atomic E-state index is 0.00603. The van der Waals surface area contributed by atoms with Crippen LogP contribution in [0.3, 0.4) is 0 Å². The van der Waals surface area contributed by atoms with Crippen LogP contribution >= 0.6 is 0 Å². The minimum Gasteiger partial charge on any atom is -0.464 e. The highest BCUT2D eigenvalue weighted by Gasteiger charge is 2.24. The zero-order valence-electron chi connectivity index (χ0n) is 30.8. The molecule has 8 heteroatoms. The fourth-order valence-corrected chi connectivity index (χ4v) is 7.04. The maximum atomic E-state index is 13.3. The third-order valence-electron chi connectivity index (χ3n) is 10.2. The van der Waals surface area contributed by atoms with Gasteiger partial charge in [0.1, 0.15) is 6.61 Å². The molecule has 0 amide bonds. The van der Waals surface area contributed by atoms with Crippen molar-refractivity contribution in [3.63, 3.8) is 0 Å². The lowest BCUT2D eigenvalue weighted by Crippen LogP contribution is -2.38. The van der Waals surface area contributed by atoms with Gasteiger partial charge in [0.2, 0.25) is 13.1 Å². The van der Waals surface area contributed by atoms with Crippen LogP contribution < -0.4 is 9.13 Å². The van der Waals surface area contributed by atoms with E-state index in [9.17, 15) is 14.4 Å². The van der Waals surface area contributed by atoms with Gasteiger partial charge in [-0.2, -0.15) is 9.13 Å². The van der Waals surface area contributed by atoms with Crippen LogP contribution in [0.25, 0.3) is 11.1 Å². The summed E-state index contributed by atoms with van der Waals surface area (Å²) < 4.78 is 19.8. The van der Waals surface area contributed by atoms with Gasteiger partial charge in [-0.05, 0) is 71.9 Å². The first-order chi connectivity index (χ1) is 25.4. The lowest BCUT2D eigenvalue weighted by Gasteiger charge is -2.29. The molecule has 0 spiro atoms. The summed E-state index contributed by atoms with van der Waals surface area (Å²) in [6.45, 7) is 2.32. The standard InChI is InChI=1S/C44H54N2O6/c1-3-4-5-6-7-9-12-34-15-17-35(18-16-34)36-19-21-40(22-20-36)44(49)52-41(39-13-10-8-11-14-39)33-51-43(48)32-46-29-25-38(26-30-46)37-23-27-45(28-24-37)31-42(47)50-2/h8,10-11,13-14,19-30,34-35,41H,3-7,9,12,15-18,31-33H2,1-2H3/q+2. The second kappa shape index (κ2) is 20.3. The number of unbranched alkanes of at least 4 members (excludes halogenated alkanes) is 5. The number of hydrogen-bond acceptors (Lipinski definition) is 6. The summed E-state index contributed by atoms with van der Waals surface area (Å²) in [7, 11) is 1.37. The second-order valence-corrected chi connectivity index (χ2v) is 14.0. The SMILES string of the molecule is CCCCCCCCC1CCC(c2ccc(C(=O)OC(COC(=O)C[n+]3ccc(-c4cc[n+](CC(=O)OC)cc4)cc3)c3ccccc3)cc2)CC1. The van der Waals surface area contributed by atoms with Gasteiger partial charge in [-0.15, -0.1) is 0 Å². The van der Waals surface area contributed by atoms with Gasteiger partial charge < -0.3 is 14.2 Å². The summed E-state index contributed by atoms with van der Waals surface area (Å²) in [6, 6.07) is 24.9. The summed E-state index contributed by atoms with van der Waals surface area (Å²) in [5, 5.41) is 0. The van der Waals surface area contributed by atoms with Gasteiger partial charge in [-0.3, -0.25) is 0 Å². The van der Waals surface area contributed by atoms with Gasteiger partial charge in [0.25, 0.3) is 0 Å². The molecule has 8 nitrogen and oxygen atoms in total. The first-order valence-corrected chi connectivity index (χ1v) is 19.0. The van der Waals surface area contributed by atoms with Crippen molar-refractivity contribution >= 4 is 17.9 Å². The third kappa shape index (κ3) is 11.9. The highest BCUT2D eigenvalue weighted by atomic mass is 16.6. The maximum absolute atomic E-state index is 13.3. The van der Waals surface area contributed by atoms with Gasteiger partial charge in [-0.1, -0.05) is 94.3 Å². The zero-order chi connectivity index (χ0) is 36.5. The van der Waals surface area contributed by atoms with E-state index in [1.54, 1.807) is 9.13 Å². The number of methoxy groups -OCH3 is 1. The molecule has 0 radical (unpaired) electrons. The third-order valence-corrected chi connectivity index (χ3v) is 10.2. The van der Waals surface area contributed by atoms with E-state index in [1.165, 1.54) is 83.3 Å². The summed E-state index contributed by atoms with van der Waals surface area (Å²) in [5.41, 5.74) is 4.47. The van der Waals surface area contributed by atoms with Crippen LogP contribution in [0.15, 0.2) is 104 Å². The van der Waals surface area contributed by atoms with Crippen molar-refractivity contribution in [2.24, 2.45) is 5.92 Å². The first kappa shape index (κ1) is 38.4. The Morgan fingerprint density at radius 1 is 0.692 bits per heavy atom. The van der Waals surface area contributed by atoms with Gasteiger partial charge in [0.15, 0.2) is 30.9 Å². The fraction of sp³-hybridized carbons (Fsp3) is 0.432. The van der Waals surface area contributed by atoms with Gasteiger partial charge >= 0.3 is 17.9 Å². The molecule has 2 aromatic heterocycles. The molecule has 5 rings (SSSR count). The fourth-order valence-electron chi connectivity index (χ4n) is 7.04. The molecular weight excluding hydrogens is 652 g/mol. The zero-order valence-corrected chi connectivity index (χ0v) is 30.8. The lowest BCUT2D eigenvalue weighted by molar-refractivity contribution is -0.686. The van der Waals surface area contributed by atoms with E-state index in [0.717, 1.165) is 22.6 Å². The van der Waals surface area contributed by atoms with Crippen LogP contribution in [0.1, 0.15) is 111 Å². The molecule has 4 aromatic rings. The van der Waals surface area contributed by atoms with Crippen molar-refractivity contribution in [2.75, 3.05) is 13.7 Å². The summed E-state index contributed by atoms with van der Waals surface area (Å²) in [5.74, 6) is 0.200. The summed E-state index contributed by atoms with van der Waals surface area (Å²) in [6.07, 6.45) is 21.0. The molecule has 1 aliphatic rings. The maximum Gasteiger partial charge on any atom is 0.372 e. The smallest absolute Gasteiger partial charge is 0.372 e. The Hall–Kier alpha value is -4.85. The topological polar surface area (TPSA) is 86.7 Å². The summed E-state index contributed by atoms with van der Waals surface area (Å²) in [4.78, 5) is 37.7. The average Bonchev–Trinajstić information content (AvgIpc) is 3.19. The van der Waals surface area contributed by atoms with Crippen molar-refractivity contribution in [2.45, 2.75) is 103 Å². The van der Waals surface area contributed by atoms with E-state index in [1.807, 2.05) is 91.5 Å². The molecule has 0 bridgehead atoms. The predicted octanol–water partition coefficient (Wildman–Crippen LogP) is 8.27. The number of carbonyl (C=O) groups is 3. The molecule has 2 heterocycles. The van der Waals surface area contributed by atoms with Crippen LogP contribution in [0, 0.1) is 5.92 Å². The number of pyridine rings is 2. The number of carbonyl (C=O) groups excluding carboxylic acids is 3. The van der Waals surface area contributed by atoms with E-state index in [0.29, 0.717) is 11.5 Å². The Balaban J connectivity index is 1.10. The molecule has 52 heavy (non-hydrogen) atoms. The van der Waals surface area contributed by atoms with Crippen LogP contribution in [-0.2, 0) is 36.9 Å². The average molecular weight is 707 g/mol. The number of esters is 3. The number of hydrogen-bond donors (Lipinski definition) is 0. The quantitative estimate of drug-likeness (QED) is 0.0448. The number of nitrogens with zero attached hydrogens (tertiary/aromatic N) is 2. The van der Waals surface area contributed by atoms with E-state index < -0.39 is 18.0 Å². The van der Waals surface area contributed by atoms with Gasteiger partial charge in [-0.25, -0.2) is 14.4 Å². The highest BCUT2D eigenvalue weighted by molar-refractivity contribution is 5.89. The normalized spacial score (nSPS) is 16.1.